The fourth-order valence-electron chi connectivity index (χ4n) is 3.98. The Bertz CT molecular complexity index is 855. The van der Waals surface area contributed by atoms with Gasteiger partial charge in [0, 0.05) is 45.7 Å². The summed E-state index contributed by atoms with van der Waals surface area (Å²) in [7, 11) is 0. The Morgan fingerprint density at radius 3 is 2.59 bits per heavy atom. The Morgan fingerprint density at radius 2 is 1.72 bits per heavy atom. The Hall–Kier alpha value is -2.86. The smallest absolute Gasteiger partial charge is 0.265 e. The maximum absolute atomic E-state index is 12.8. The van der Waals surface area contributed by atoms with Gasteiger partial charge in [-0.1, -0.05) is 42.5 Å². The van der Waals surface area contributed by atoms with Crippen LogP contribution in [0.25, 0.3) is 0 Å². The summed E-state index contributed by atoms with van der Waals surface area (Å²) in [4.78, 5) is 31.1. The van der Waals surface area contributed by atoms with Crippen LogP contribution in [0.2, 0.25) is 0 Å². The highest BCUT2D eigenvalue weighted by Crippen LogP contribution is 2.31. The molecule has 1 saturated heterocycles. The summed E-state index contributed by atoms with van der Waals surface area (Å²) in [6, 6.07) is 17.9. The van der Waals surface area contributed by atoms with Crippen LogP contribution < -0.4 is 9.64 Å². The van der Waals surface area contributed by atoms with Gasteiger partial charge in [-0.25, -0.2) is 0 Å². The lowest BCUT2D eigenvalue weighted by Gasteiger charge is -2.30. The lowest BCUT2D eigenvalue weighted by atomic mass is 10.2. The molecular formula is C23H27N3O3. The van der Waals surface area contributed by atoms with E-state index in [-0.39, 0.29) is 18.4 Å². The number of carbonyl (C=O) groups is 2. The SMILES string of the molecule is O=C(CCN1C(=O)COc2ccccc21)N1CCCN(Cc2ccccc2)CC1. The van der Waals surface area contributed by atoms with Crippen LogP contribution in [0.5, 0.6) is 5.75 Å². The van der Waals surface area contributed by atoms with Crippen LogP contribution >= 0.6 is 0 Å². The molecule has 0 saturated carbocycles. The van der Waals surface area contributed by atoms with Gasteiger partial charge in [0.1, 0.15) is 5.75 Å². The number of para-hydroxylation sites is 2. The van der Waals surface area contributed by atoms with E-state index in [1.807, 2.05) is 35.2 Å². The van der Waals surface area contributed by atoms with E-state index in [1.54, 1.807) is 4.90 Å². The highest BCUT2D eigenvalue weighted by Gasteiger charge is 2.26. The van der Waals surface area contributed by atoms with Crippen molar-refractivity contribution >= 4 is 17.5 Å². The second-order valence-corrected chi connectivity index (χ2v) is 7.55. The highest BCUT2D eigenvalue weighted by molar-refractivity contribution is 5.98. The normalized spacial score (nSPS) is 17.4. The largest absolute Gasteiger partial charge is 0.482 e. The van der Waals surface area contributed by atoms with Crippen LogP contribution in [-0.4, -0.2) is 60.9 Å². The first-order valence-corrected chi connectivity index (χ1v) is 10.3. The van der Waals surface area contributed by atoms with E-state index in [9.17, 15) is 9.59 Å². The molecule has 1 fully saturated rings. The molecule has 29 heavy (non-hydrogen) atoms. The van der Waals surface area contributed by atoms with Crippen molar-refractivity contribution in [3.8, 4) is 5.75 Å². The molecule has 0 N–H and O–H groups in total. The summed E-state index contributed by atoms with van der Waals surface area (Å²) in [5, 5.41) is 0. The van der Waals surface area contributed by atoms with Crippen molar-refractivity contribution in [1.82, 2.24) is 9.80 Å². The summed E-state index contributed by atoms with van der Waals surface area (Å²) in [6.07, 6.45) is 1.30. The van der Waals surface area contributed by atoms with Crippen LogP contribution in [0, 0.1) is 0 Å². The van der Waals surface area contributed by atoms with E-state index in [0.29, 0.717) is 18.7 Å². The molecule has 2 amide bonds. The lowest BCUT2D eigenvalue weighted by Crippen LogP contribution is -2.42. The quantitative estimate of drug-likeness (QED) is 0.783. The molecule has 0 aromatic heterocycles. The third kappa shape index (κ3) is 4.77. The molecule has 2 aliphatic rings. The predicted molar refractivity (Wildman–Crippen MR) is 112 cm³/mol. The first-order valence-electron chi connectivity index (χ1n) is 10.3. The minimum Gasteiger partial charge on any atom is -0.482 e. The molecule has 0 radical (unpaired) electrons. The second kappa shape index (κ2) is 9.09. The Morgan fingerprint density at radius 1 is 0.931 bits per heavy atom. The number of ether oxygens (including phenoxy) is 1. The summed E-state index contributed by atoms with van der Waals surface area (Å²) < 4.78 is 5.47. The van der Waals surface area contributed by atoms with Gasteiger partial charge >= 0.3 is 0 Å². The number of hydrogen-bond acceptors (Lipinski definition) is 4. The molecule has 0 bridgehead atoms. The fraction of sp³-hybridized carbons (Fsp3) is 0.391. The zero-order chi connectivity index (χ0) is 20.1. The standard InChI is InChI=1S/C23H27N3O3/c27-22(11-14-26-20-9-4-5-10-21(20)29-18-23(26)28)25-13-6-12-24(15-16-25)17-19-7-2-1-3-8-19/h1-5,7-10H,6,11-18H2. The third-order valence-corrected chi connectivity index (χ3v) is 5.55. The summed E-state index contributed by atoms with van der Waals surface area (Å²) in [5.41, 5.74) is 2.05. The summed E-state index contributed by atoms with van der Waals surface area (Å²) in [6.45, 7) is 4.72. The number of carbonyl (C=O) groups excluding carboxylic acids is 2. The van der Waals surface area contributed by atoms with Crippen LogP contribution in [0.4, 0.5) is 5.69 Å². The zero-order valence-electron chi connectivity index (χ0n) is 16.6. The molecule has 2 aromatic carbocycles. The van der Waals surface area contributed by atoms with Gasteiger partial charge in [0.25, 0.3) is 5.91 Å². The van der Waals surface area contributed by atoms with Crippen molar-refractivity contribution in [1.29, 1.82) is 0 Å². The van der Waals surface area contributed by atoms with E-state index in [4.69, 9.17) is 4.74 Å². The average molecular weight is 393 g/mol. The number of benzene rings is 2. The van der Waals surface area contributed by atoms with Crippen LogP contribution in [0.1, 0.15) is 18.4 Å². The maximum atomic E-state index is 12.8. The molecular weight excluding hydrogens is 366 g/mol. The van der Waals surface area contributed by atoms with E-state index in [1.165, 1.54) is 5.56 Å². The molecule has 0 atom stereocenters. The van der Waals surface area contributed by atoms with Crippen molar-refractivity contribution in [3.05, 3.63) is 60.2 Å². The number of rotatable bonds is 5. The van der Waals surface area contributed by atoms with Gasteiger partial charge in [0.2, 0.25) is 5.91 Å². The number of fused-ring (bicyclic) bond motifs is 1. The highest BCUT2D eigenvalue weighted by atomic mass is 16.5. The van der Waals surface area contributed by atoms with Crippen LogP contribution in [-0.2, 0) is 16.1 Å². The van der Waals surface area contributed by atoms with E-state index in [0.717, 1.165) is 44.8 Å². The Balaban J connectivity index is 1.31. The zero-order valence-corrected chi connectivity index (χ0v) is 16.6. The molecule has 0 unspecified atom stereocenters. The van der Waals surface area contributed by atoms with Gasteiger partial charge < -0.3 is 14.5 Å². The third-order valence-electron chi connectivity index (χ3n) is 5.55. The van der Waals surface area contributed by atoms with Gasteiger partial charge in [-0.05, 0) is 24.1 Å². The Kier molecular flexibility index (Phi) is 6.10. The Labute approximate surface area is 171 Å². The monoisotopic (exact) mass is 393 g/mol. The van der Waals surface area contributed by atoms with E-state index < -0.39 is 0 Å². The van der Waals surface area contributed by atoms with Gasteiger partial charge in [-0.15, -0.1) is 0 Å². The summed E-state index contributed by atoms with van der Waals surface area (Å²) in [5.74, 6) is 0.718. The van der Waals surface area contributed by atoms with Crippen molar-refractivity contribution in [3.63, 3.8) is 0 Å². The minimum atomic E-state index is -0.0959. The molecule has 4 rings (SSSR count). The van der Waals surface area contributed by atoms with Crippen molar-refractivity contribution in [2.24, 2.45) is 0 Å². The molecule has 6 nitrogen and oxygen atoms in total. The predicted octanol–water partition coefficient (Wildman–Crippen LogP) is 2.54. The van der Waals surface area contributed by atoms with Crippen LogP contribution in [0.3, 0.4) is 0 Å². The molecule has 0 spiro atoms. The molecule has 2 heterocycles. The van der Waals surface area contributed by atoms with Gasteiger partial charge in [-0.2, -0.15) is 0 Å². The minimum absolute atomic E-state index is 0.0311. The van der Waals surface area contributed by atoms with E-state index >= 15 is 0 Å². The number of anilines is 1. The first-order chi connectivity index (χ1) is 14.2. The lowest BCUT2D eigenvalue weighted by molar-refractivity contribution is -0.131. The van der Waals surface area contributed by atoms with E-state index in [2.05, 4.69) is 29.2 Å². The van der Waals surface area contributed by atoms with Crippen LogP contribution in [0.15, 0.2) is 54.6 Å². The number of hydrogen-bond donors (Lipinski definition) is 0. The fourth-order valence-corrected chi connectivity index (χ4v) is 3.98. The molecule has 2 aliphatic heterocycles. The van der Waals surface area contributed by atoms with Crippen molar-refractivity contribution in [2.45, 2.75) is 19.4 Å². The van der Waals surface area contributed by atoms with Crippen molar-refractivity contribution < 1.29 is 14.3 Å². The average Bonchev–Trinajstić information content (AvgIpc) is 2.99. The van der Waals surface area contributed by atoms with Gasteiger partial charge in [-0.3, -0.25) is 14.5 Å². The van der Waals surface area contributed by atoms with Crippen molar-refractivity contribution in [2.75, 3.05) is 44.2 Å². The number of amides is 2. The first kappa shape index (κ1) is 19.5. The summed E-state index contributed by atoms with van der Waals surface area (Å²) >= 11 is 0. The number of nitrogens with zero attached hydrogens (tertiary/aromatic N) is 3. The molecule has 2 aromatic rings. The maximum Gasteiger partial charge on any atom is 0.265 e. The molecule has 152 valence electrons. The molecule has 6 heteroatoms. The second-order valence-electron chi connectivity index (χ2n) is 7.55. The molecule has 0 aliphatic carbocycles. The van der Waals surface area contributed by atoms with Gasteiger partial charge in [0.15, 0.2) is 6.61 Å². The van der Waals surface area contributed by atoms with Gasteiger partial charge in [0.05, 0.1) is 5.69 Å². The topological polar surface area (TPSA) is 53.1 Å².